The first kappa shape index (κ1) is 13.8. The van der Waals surface area contributed by atoms with Crippen LogP contribution >= 0.6 is 0 Å². The Morgan fingerprint density at radius 1 is 1.44 bits per heavy atom. The van der Waals surface area contributed by atoms with Crippen LogP contribution in [0.5, 0.6) is 0 Å². The van der Waals surface area contributed by atoms with Crippen LogP contribution in [0.4, 0.5) is 5.82 Å². The standard InChI is InChI=1S/C10H14N4O4/c1-17-10(16)7-4-12-5-9(14-7)13-2-3-18-6-8(11)15/h4-5H,2-3,6H2,1H3,(H2,11,15)(H,13,14). The zero-order chi connectivity index (χ0) is 13.4. The lowest BCUT2D eigenvalue weighted by Gasteiger charge is -2.06. The number of hydrogen-bond acceptors (Lipinski definition) is 7. The largest absolute Gasteiger partial charge is 0.464 e. The molecule has 0 saturated carbocycles. The minimum absolute atomic E-state index is 0.112. The molecule has 0 radical (unpaired) electrons. The van der Waals surface area contributed by atoms with Gasteiger partial charge in [0.25, 0.3) is 0 Å². The summed E-state index contributed by atoms with van der Waals surface area (Å²) in [5.41, 5.74) is 5.01. The summed E-state index contributed by atoms with van der Waals surface area (Å²) in [4.78, 5) is 29.4. The van der Waals surface area contributed by atoms with E-state index in [0.717, 1.165) is 0 Å². The number of hydrogen-bond donors (Lipinski definition) is 2. The van der Waals surface area contributed by atoms with Gasteiger partial charge >= 0.3 is 5.97 Å². The highest BCUT2D eigenvalue weighted by atomic mass is 16.5. The van der Waals surface area contributed by atoms with Gasteiger partial charge in [-0.25, -0.2) is 9.78 Å². The maximum atomic E-state index is 11.2. The number of carbonyl (C=O) groups is 2. The van der Waals surface area contributed by atoms with Gasteiger partial charge in [0.2, 0.25) is 5.91 Å². The van der Waals surface area contributed by atoms with Crippen molar-refractivity contribution < 1.29 is 19.1 Å². The first-order chi connectivity index (χ1) is 8.63. The summed E-state index contributed by atoms with van der Waals surface area (Å²) in [5, 5.41) is 2.88. The summed E-state index contributed by atoms with van der Waals surface area (Å²) >= 11 is 0. The predicted octanol–water partition coefficient (Wildman–Crippen LogP) is -0.823. The molecular weight excluding hydrogens is 240 g/mol. The van der Waals surface area contributed by atoms with Gasteiger partial charge in [0.15, 0.2) is 5.69 Å². The van der Waals surface area contributed by atoms with E-state index in [1.165, 1.54) is 19.5 Å². The van der Waals surface area contributed by atoms with E-state index in [9.17, 15) is 9.59 Å². The fourth-order valence-electron chi connectivity index (χ4n) is 1.08. The zero-order valence-corrected chi connectivity index (χ0v) is 9.88. The van der Waals surface area contributed by atoms with Crippen LogP contribution in [0.25, 0.3) is 0 Å². The molecule has 1 aromatic heterocycles. The number of ether oxygens (including phenoxy) is 2. The van der Waals surface area contributed by atoms with Gasteiger partial charge in [-0.2, -0.15) is 0 Å². The predicted molar refractivity (Wildman–Crippen MR) is 61.9 cm³/mol. The van der Waals surface area contributed by atoms with E-state index in [1.54, 1.807) is 0 Å². The molecule has 0 aromatic carbocycles. The fourth-order valence-corrected chi connectivity index (χ4v) is 1.08. The molecule has 1 rings (SSSR count). The second kappa shape index (κ2) is 7.17. The molecule has 8 heteroatoms. The van der Waals surface area contributed by atoms with E-state index < -0.39 is 11.9 Å². The lowest BCUT2D eigenvalue weighted by Crippen LogP contribution is -2.21. The lowest BCUT2D eigenvalue weighted by atomic mass is 10.4. The molecule has 0 atom stereocenters. The Morgan fingerprint density at radius 2 is 2.22 bits per heavy atom. The molecule has 3 N–H and O–H groups in total. The number of primary amides is 1. The normalized spacial score (nSPS) is 9.83. The molecule has 8 nitrogen and oxygen atoms in total. The number of nitrogens with two attached hydrogens (primary N) is 1. The van der Waals surface area contributed by atoms with Crippen LogP contribution in [0.15, 0.2) is 12.4 Å². The van der Waals surface area contributed by atoms with Crippen molar-refractivity contribution in [2.24, 2.45) is 5.73 Å². The third-order valence-electron chi connectivity index (χ3n) is 1.83. The van der Waals surface area contributed by atoms with Crippen LogP contribution in [0, 0.1) is 0 Å². The Bertz CT molecular complexity index is 424. The molecule has 0 spiro atoms. The first-order valence-electron chi connectivity index (χ1n) is 5.13. The van der Waals surface area contributed by atoms with Crippen LogP contribution < -0.4 is 11.1 Å². The average molecular weight is 254 g/mol. The van der Waals surface area contributed by atoms with Crippen molar-refractivity contribution in [3.63, 3.8) is 0 Å². The Morgan fingerprint density at radius 3 is 2.89 bits per heavy atom. The Labute approximate surface area is 104 Å². The summed E-state index contributed by atoms with van der Waals surface area (Å²) in [6.45, 7) is 0.565. The molecule has 0 saturated heterocycles. The molecule has 1 heterocycles. The van der Waals surface area contributed by atoms with Crippen LogP contribution in [-0.2, 0) is 14.3 Å². The van der Waals surface area contributed by atoms with Crippen molar-refractivity contribution in [1.29, 1.82) is 0 Å². The summed E-state index contributed by atoms with van der Waals surface area (Å²) in [6, 6.07) is 0. The van der Waals surface area contributed by atoms with Crippen LogP contribution in [-0.4, -0.2) is 48.7 Å². The zero-order valence-electron chi connectivity index (χ0n) is 9.88. The minimum Gasteiger partial charge on any atom is -0.464 e. The summed E-state index contributed by atoms with van der Waals surface area (Å²) in [6.07, 6.45) is 2.77. The monoisotopic (exact) mass is 254 g/mol. The second-order valence-corrected chi connectivity index (χ2v) is 3.23. The molecule has 0 aliphatic rings. The van der Waals surface area contributed by atoms with Crippen molar-refractivity contribution in [1.82, 2.24) is 9.97 Å². The van der Waals surface area contributed by atoms with E-state index in [4.69, 9.17) is 10.5 Å². The van der Waals surface area contributed by atoms with Gasteiger partial charge in [0, 0.05) is 6.54 Å². The number of esters is 1. The minimum atomic E-state index is -0.559. The van der Waals surface area contributed by atoms with E-state index >= 15 is 0 Å². The molecule has 18 heavy (non-hydrogen) atoms. The maximum absolute atomic E-state index is 11.2. The highest BCUT2D eigenvalue weighted by molar-refractivity contribution is 5.87. The van der Waals surface area contributed by atoms with Crippen LogP contribution in [0.2, 0.25) is 0 Å². The number of aromatic nitrogens is 2. The molecular formula is C10H14N4O4. The molecule has 1 aromatic rings. The molecule has 1 amide bonds. The van der Waals surface area contributed by atoms with Crippen molar-refractivity contribution in [2.45, 2.75) is 0 Å². The van der Waals surface area contributed by atoms with Gasteiger partial charge in [-0.05, 0) is 0 Å². The van der Waals surface area contributed by atoms with E-state index in [0.29, 0.717) is 12.4 Å². The number of rotatable bonds is 7. The van der Waals surface area contributed by atoms with Crippen LogP contribution in [0.3, 0.4) is 0 Å². The Kier molecular flexibility index (Phi) is 5.52. The third-order valence-corrected chi connectivity index (χ3v) is 1.83. The lowest BCUT2D eigenvalue weighted by molar-refractivity contribution is -0.122. The summed E-state index contributed by atoms with van der Waals surface area (Å²) < 4.78 is 9.45. The van der Waals surface area contributed by atoms with Gasteiger partial charge in [0.1, 0.15) is 12.4 Å². The highest BCUT2D eigenvalue weighted by Crippen LogP contribution is 2.02. The van der Waals surface area contributed by atoms with E-state index in [-0.39, 0.29) is 18.9 Å². The number of amides is 1. The van der Waals surface area contributed by atoms with Gasteiger partial charge in [-0.3, -0.25) is 9.78 Å². The maximum Gasteiger partial charge on any atom is 0.358 e. The SMILES string of the molecule is COC(=O)c1cncc(NCCOCC(N)=O)n1. The van der Waals surface area contributed by atoms with Gasteiger partial charge in [0.05, 0.1) is 26.1 Å². The number of carbonyl (C=O) groups excluding carboxylic acids is 2. The van der Waals surface area contributed by atoms with Gasteiger partial charge in [-0.1, -0.05) is 0 Å². The second-order valence-electron chi connectivity index (χ2n) is 3.23. The summed E-state index contributed by atoms with van der Waals surface area (Å²) in [7, 11) is 1.27. The molecule has 0 fully saturated rings. The van der Waals surface area contributed by atoms with Crippen molar-refractivity contribution in [2.75, 3.05) is 32.2 Å². The smallest absolute Gasteiger partial charge is 0.358 e. The first-order valence-corrected chi connectivity index (χ1v) is 5.13. The van der Waals surface area contributed by atoms with Crippen molar-refractivity contribution in [3.8, 4) is 0 Å². The number of anilines is 1. The summed E-state index contributed by atoms with van der Waals surface area (Å²) in [5.74, 6) is -0.667. The topological polar surface area (TPSA) is 116 Å². The quantitative estimate of drug-likeness (QED) is 0.482. The number of methoxy groups -OCH3 is 1. The number of nitrogens with zero attached hydrogens (tertiary/aromatic N) is 2. The molecule has 0 aliphatic heterocycles. The Balaban J connectivity index is 2.38. The Hall–Kier alpha value is -2.22. The van der Waals surface area contributed by atoms with E-state index in [2.05, 4.69) is 20.0 Å². The number of nitrogens with one attached hydrogen (secondary N) is 1. The molecule has 0 aliphatic carbocycles. The van der Waals surface area contributed by atoms with Crippen molar-refractivity contribution in [3.05, 3.63) is 18.1 Å². The fraction of sp³-hybridized carbons (Fsp3) is 0.400. The molecule has 0 bridgehead atoms. The van der Waals surface area contributed by atoms with Gasteiger partial charge in [-0.15, -0.1) is 0 Å². The average Bonchev–Trinajstić information content (AvgIpc) is 2.37. The highest BCUT2D eigenvalue weighted by Gasteiger charge is 2.07. The van der Waals surface area contributed by atoms with Gasteiger partial charge < -0.3 is 20.5 Å². The molecule has 0 unspecified atom stereocenters. The van der Waals surface area contributed by atoms with Crippen molar-refractivity contribution >= 4 is 17.7 Å². The third kappa shape index (κ3) is 4.74. The molecule has 98 valence electrons. The van der Waals surface area contributed by atoms with E-state index in [1.807, 2.05) is 0 Å². The van der Waals surface area contributed by atoms with Crippen LogP contribution in [0.1, 0.15) is 10.5 Å².